The molecule has 0 bridgehead atoms. The maximum absolute atomic E-state index is 10.6. The van der Waals surface area contributed by atoms with Crippen molar-refractivity contribution in [3.8, 4) is 23.0 Å². The Bertz CT molecular complexity index is 1010. The van der Waals surface area contributed by atoms with E-state index in [-0.39, 0.29) is 5.75 Å². The Kier molecular flexibility index (Phi) is 6.73. The standard InChI is InChI=1S/C20H23NO4.C2HF3O2/c1-23-18-9-14-11-21-5-4-12-8-19(24-2)20(25-3)10-15(12)16(21)6-13(14)7-17(18)22;3-2(4,5)1(6)7/h7-10,16,22H,4-6,11H2,1-3H3;(H,6,7)/t16-;/m1./s1/i11+1;. The average molecular weight is 456 g/mol. The van der Waals surface area contributed by atoms with Gasteiger partial charge in [-0.05, 0) is 59.4 Å². The number of hydrogen-bond acceptors (Lipinski definition) is 6. The van der Waals surface area contributed by atoms with Crippen LogP contribution in [0.3, 0.4) is 0 Å². The SMILES string of the molecule is COc1cc2c(cc1O)C[C@@H]1c3cc(OC)c(OC)cc3CCN1[13CH2]2.O=C(O)C(F)(F)F. The Balaban J connectivity index is 0.000000360. The second-order valence-electron chi connectivity index (χ2n) is 7.44. The van der Waals surface area contributed by atoms with Crippen molar-refractivity contribution in [2.75, 3.05) is 27.9 Å². The molecule has 0 saturated carbocycles. The fourth-order valence-electron chi connectivity index (χ4n) is 4.09. The van der Waals surface area contributed by atoms with Crippen LogP contribution in [0.2, 0.25) is 0 Å². The summed E-state index contributed by atoms with van der Waals surface area (Å²) in [5.74, 6) is -0.452. The lowest BCUT2D eigenvalue weighted by molar-refractivity contribution is -0.192. The topological polar surface area (TPSA) is 88.5 Å². The fourth-order valence-corrected chi connectivity index (χ4v) is 4.09. The van der Waals surface area contributed by atoms with Gasteiger partial charge in [-0.3, -0.25) is 4.90 Å². The van der Waals surface area contributed by atoms with Gasteiger partial charge in [0.1, 0.15) is 0 Å². The van der Waals surface area contributed by atoms with Crippen LogP contribution in [0.1, 0.15) is 28.3 Å². The molecule has 0 spiro atoms. The van der Waals surface area contributed by atoms with E-state index in [1.54, 1.807) is 21.3 Å². The van der Waals surface area contributed by atoms with Gasteiger partial charge in [-0.1, -0.05) is 0 Å². The van der Waals surface area contributed by atoms with Gasteiger partial charge >= 0.3 is 12.1 Å². The third kappa shape index (κ3) is 4.69. The number of carbonyl (C=O) groups is 1. The zero-order valence-electron chi connectivity index (χ0n) is 17.8. The van der Waals surface area contributed by atoms with E-state index < -0.39 is 12.1 Å². The molecule has 0 saturated heterocycles. The van der Waals surface area contributed by atoms with Crippen molar-refractivity contribution in [3.05, 3.63) is 46.5 Å². The van der Waals surface area contributed by atoms with Gasteiger partial charge in [0.05, 0.1) is 21.3 Å². The summed E-state index contributed by atoms with van der Waals surface area (Å²) < 4.78 is 47.9. The highest BCUT2D eigenvalue weighted by atomic mass is 19.4. The van der Waals surface area contributed by atoms with Crippen LogP contribution in [0, 0.1) is 0 Å². The number of ether oxygens (including phenoxy) is 3. The van der Waals surface area contributed by atoms with E-state index in [0.29, 0.717) is 11.8 Å². The summed E-state index contributed by atoms with van der Waals surface area (Å²) in [5.41, 5.74) is 5.03. The van der Waals surface area contributed by atoms with Crippen LogP contribution in [0.15, 0.2) is 24.3 Å². The van der Waals surface area contributed by atoms with E-state index in [2.05, 4.69) is 17.0 Å². The van der Waals surface area contributed by atoms with Crippen LogP contribution in [0.4, 0.5) is 13.2 Å². The molecule has 2 aromatic carbocycles. The van der Waals surface area contributed by atoms with Gasteiger partial charge in [-0.25, -0.2) is 4.79 Å². The number of aliphatic carboxylic acids is 1. The molecule has 32 heavy (non-hydrogen) atoms. The van der Waals surface area contributed by atoms with Crippen molar-refractivity contribution >= 4 is 5.97 Å². The number of halogens is 3. The molecule has 7 nitrogen and oxygen atoms in total. The Hall–Kier alpha value is -3.14. The maximum Gasteiger partial charge on any atom is 0.490 e. The minimum Gasteiger partial charge on any atom is -0.504 e. The van der Waals surface area contributed by atoms with Gasteiger partial charge in [0.15, 0.2) is 23.0 Å². The highest BCUT2D eigenvalue weighted by Crippen LogP contribution is 2.44. The average Bonchev–Trinajstić information content (AvgIpc) is 2.76. The second kappa shape index (κ2) is 9.15. The number of carboxylic acids is 1. The number of alkyl halides is 3. The summed E-state index contributed by atoms with van der Waals surface area (Å²) in [6.45, 7) is 1.88. The molecule has 10 heteroatoms. The molecule has 2 aliphatic heterocycles. The van der Waals surface area contributed by atoms with Crippen LogP contribution >= 0.6 is 0 Å². The Morgan fingerprint density at radius 3 is 2.09 bits per heavy atom. The van der Waals surface area contributed by atoms with E-state index in [1.165, 1.54) is 22.3 Å². The molecule has 0 aliphatic carbocycles. The van der Waals surface area contributed by atoms with Crippen LogP contribution < -0.4 is 14.2 Å². The highest BCUT2D eigenvalue weighted by Gasteiger charge is 2.38. The molecule has 0 unspecified atom stereocenters. The predicted octanol–water partition coefficient (Wildman–Crippen LogP) is 3.71. The fraction of sp³-hybridized carbons (Fsp3) is 0.409. The van der Waals surface area contributed by atoms with Gasteiger partial charge < -0.3 is 24.4 Å². The molecule has 174 valence electrons. The molecule has 2 aliphatic rings. The lowest BCUT2D eigenvalue weighted by Gasteiger charge is -2.41. The van der Waals surface area contributed by atoms with E-state index in [1.807, 2.05) is 12.1 Å². The van der Waals surface area contributed by atoms with Gasteiger partial charge in [-0.15, -0.1) is 0 Å². The maximum atomic E-state index is 10.6. The third-order valence-electron chi connectivity index (χ3n) is 5.64. The minimum absolute atomic E-state index is 0.207. The van der Waals surface area contributed by atoms with Crippen molar-refractivity contribution in [2.45, 2.75) is 31.6 Å². The zero-order chi connectivity index (χ0) is 23.6. The van der Waals surface area contributed by atoms with Gasteiger partial charge in [0.25, 0.3) is 0 Å². The molecular formula is C22H24F3NO6. The van der Waals surface area contributed by atoms with Crippen molar-refractivity contribution in [3.63, 3.8) is 0 Å². The number of nitrogens with zero attached hydrogens (tertiary/aromatic N) is 1. The zero-order valence-corrected chi connectivity index (χ0v) is 17.8. The first-order chi connectivity index (χ1) is 15.1. The number of benzene rings is 2. The van der Waals surface area contributed by atoms with Crippen molar-refractivity contribution in [1.82, 2.24) is 4.90 Å². The summed E-state index contributed by atoms with van der Waals surface area (Å²) >= 11 is 0. The van der Waals surface area contributed by atoms with Gasteiger partial charge in [0, 0.05) is 19.1 Å². The molecule has 0 aromatic heterocycles. The molecule has 2 heterocycles. The molecular weight excluding hydrogens is 432 g/mol. The van der Waals surface area contributed by atoms with Crippen molar-refractivity contribution in [2.24, 2.45) is 0 Å². The number of phenolic OH excluding ortho intramolecular Hbond substituents is 1. The quantitative estimate of drug-likeness (QED) is 0.681. The molecule has 4 rings (SSSR count). The lowest BCUT2D eigenvalue weighted by atomic mass is 9.86. The monoisotopic (exact) mass is 456 g/mol. The van der Waals surface area contributed by atoms with E-state index in [9.17, 15) is 18.3 Å². The third-order valence-corrected chi connectivity index (χ3v) is 5.64. The first-order valence-electron chi connectivity index (χ1n) is 9.76. The summed E-state index contributed by atoms with van der Waals surface area (Å²) in [5, 5.41) is 17.3. The van der Waals surface area contributed by atoms with Crippen molar-refractivity contribution < 1.29 is 42.4 Å². The predicted molar refractivity (Wildman–Crippen MR) is 108 cm³/mol. The number of hydrogen-bond donors (Lipinski definition) is 2. The smallest absolute Gasteiger partial charge is 0.490 e. The molecule has 2 N–H and O–H groups in total. The first kappa shape index (κ1) is 23.5. The van der Waals surface area contributed by atoms with E-state index >= 15 is 0 Å². The van der Waals surface area contributed by atoms with Crippen LogP contribution in [0.5, 0.6) is 23.0 Å². The van der Waals surface area contributed by atoms with Gasteiger partial charge in [0.2, 0.25) is 0 Å². The first-order valence-corrected chi connectivity index (χ1v) is 9.76. The normalized spacial score (nSPS) is 17.1. The summed E-state index contributed by atoms with van der Waals surface area (Å²) in [6.07, 6.45) is -3.22. The van der Waals surface area contributed by atoms with E-state index in [0.717, 1.165) is 37.4 Å². The number of aromatic hydroxyl groups is 1. The number of carboxylic acid groups (broad SMARTS) is 1. The summed E-state index contributed by atoms with van der Waals surface area (Å²) in [6, 6.07) is 8.32. The highest BCUT2D eigenvalue weighted by molar-refractivity contribution is 5.73. The van der Waals surface area contributed by atoms with Crippen LogP contribution in [-0.4, -0.2) is 55.1 Å². The van der Waals surface area contributed by atoms with Crippen LogP contribution in [0.25, 0.3) is 0 Å². The minimum atomic E-state index is -5.08. The summed E-state index contributed by atoms with van der Waals surface area (Å²) in [7, 11) is 4.93. The second-order valence-corrected chi connectivity index (χ2v) is 7.44. The molecule has 2 aromatic rings. The lowest BCUT2D eigenvalue weighted by Crippen LogP contribution is -2.39. The van der Waals surface area contributed by atoms with Gasteiger partial charge in [-0.2, -0.15) is 13.2 Å². The van der Waals surface area contributed by atoms with E-state index in [4.69, 9.17) is 24.1 Å². The van der Waals surface area contributed by atoms with Crippen molar-refractivity contribution in [1.29, 1.82) is 0 Å². The molecule has 0 radical (unpaired) electrons. The number of phenols is 1. The molecule has 1 atom stereocenters. The van der Waals surface area contributed by atoms with Crippen LogP contribution in [-0.2, 0) is 24.2 Å². The Morgan fingerprint density at radius 1 is 0.969 bits per heavy atom. The number of methoxy groups -OCH3 is 3. The number of rotatable bonds is 3. The summed E-state index contributed by atoms with van der Waals surface area (Å²) in [4.78, 5) is 11.4. The number of fused-ring (bicyclic) bond motifs is 4. The largest absolute Gasteiger partial charge is 0.504 e. The molecule has 0 fully saturated rings. The Morgan fingerprint density at radius 2 is 1.53 bits per heavy atom. The molecule has 0 amide bonds. The Labute approximate surface area is 182 Å².